The molecule has 0 bridgehead atoms. The lowest BCUT2D eigenvalue weighted by Gasteiger charge is -2.23. The fourth-order valence-corrected chi connectivity index (χ4v) is 4.07. The van der Waals surface area contributed by atoms with Crippen molar-refractivity contribution in [3.8, 4) is 0 Å². The van der Waals surface area contributed by atoms with E-state index in [4.69, 9.17) is 10.5 Å². The van der Waals surface area contributed by atoms with E-state index in [-0.39, 0.29) is 5.65 Å². The lowest BCUT2D eigenvalue weighted by molar-refractivity contribution is -0.124. The predicted octanol–water partition coefficient (Wildman–Crippen LogP) is -0.107. The van der Waals surface area contributed by atoms with E-state index in [9.17, 15) is 37.0 Å². The van der Waals surface area contributed by atoms with Gasteiger partial charge in [0.15, 0.2) is 46.5 Å². The van der Waals surface area contributed by atoms with Crippen molar-refractivity contribution >= 4 is 22.9 Å². The molecule has 3 aromatic rings. The molecule has 3 heterocycles. The second-order valence-corrected chi connectivity index (χ2v) is 8.55. The number of aliphatic hydroxyl groups excluding tert-OH is 2. The molecule has 5 N–H and O–H groups in total. The molecule has 2 aromatic heterocycles. The highest BCUT2D eigenvalue weighted by Crippen LogP contribution is 2.33. The van der Waals surface area contributed by atoms with Crippen LogP contribution in [0.1, 0.15) is 11.8 Å². The van der Waals surface area contributed by atoms with Crippen LogP contribution in [0.25, 0.3) is 11.2 Å². The Bertz CT molecular complexity index is 1310. The number of nitrogens with one attached hydrogen (secondary N) is 1. The zero-order valence-corrected chi connectivity index (χ0v) is 19.4. The molecule has 5 atom stereocenters. The molecule has 16 heteroatoms. The van der Waals surface area contributed by atoms with Crippen LogP contribution in [0, 0.1) is 29.1 Å². The number of ether oxygens (including phenoxy) is 1. The van der Waals surface area contributed by atoms with E-state index in [1.807, 2.05) is 0 Å². The first-order valence-corrected chi connectivity index (χ1v) is 10.8. The Balaban J connectivity index is 1.55. The maximum atomic E-state index is 14.0. The van der Waals surface area contributed by atoms with Gasteiger partial charge in [0, 0.05) is 26.1 Å². The summed E-state index contributed by atoms with van der Waals surface area (Å²) in [7, 11) is 3.48. The fourth-order valence-electron chi connectivity index (χ4n) is 4.07. The first-order valence-electron chi connectivity index (χ1n) is 10.8. The quantitative estimate of drug-likeness (QED) is 0.186. The van der Waals surface area contributed by atoms with E-state index < -0.39 is 84.1 Å². The molecule has 200 valence electrons. The van der Waals surface area contributed by atoms with Crippen LogP contribution < -0.4 is 16.0 Å². The van der Waals surface area contributed by atoms with Crippen molar-refractivity contribution in [2.75, 3.05) is 25.6 Å². The summed E-state index contributed by atoms with van der Waals surface area (Å²) in [5.41, 5.74) is 5.09. The number of nitrogens with zero attached hydrogens (tertiary/aromatic N) is 5. The molecule has 0 aliphatic carbocycles. The summed E-state index contributed by atoms with van der Waals surface area (Å²) in [6.07, 6.45) is -2.25. The number of rotatable bonds is 7. The van der Waals surface area contributed by atoms with Crippen LogP contribution in [0.5, 0.6) is 0 Å². The lowest BCUT2D eigenvalue weighted by Crippen LogP contribution is -2.53. The summed E-state index contributed by atoms with van der Waals surface area (Å²) in [6.45, 7) is -0.657. The number of imidazole rings is 1. The molecule has 0 radical (unpaired) electrons. The number of carbonyl (C=O) groups is 1. The molecule has 11 nitrogen and oxygen atoms in total. The van der Waals surface area contributed by atoms with Crippen molar-refractivity contribution in [1.82, 2.24) is 24.8 Å². The molecule has 0 saturated carbocycles. The average Bonchev–Trinajstić information content (AvgIpc) is 3.44. The minimum absolute atomic E-state index is 0.287. The molecule has 1 aliphatic heterocycles. The number of carbonyl (C=O) groups excluding carboxylic acids is 1. The second-order valence-electron chi connectivity index (χ2n) is 8.55. The van der Waals surface area contributed by atoms with Gasteiger partial charge in [-0.3, -0.25) is 9.36 Å². The molecule has 37 heavy (non-hydrogen) atoms. The molecule has 1 amide bonds. The SMILES string of the molecule is CN(C)c1ncnc2c1ncn2[C@@H]1O[C@H](CO)[C@@H](NC(=O)[C@@H](N)Cc2c(F)c(F)c(F)c(F)c2F)[C@H]1O. The Morgan fingerprint density at radius 2 is 1.76 bits per heavy atom. The average molecular weight is 531 g/mol. The van der Waals surface area contributed by atoms with Crippen molar-refractivity contribution in [1.29, 1.82) is 0 Å². The van der Waals surface area contributed by atoms with Gasteiger partial charge in [0.25, 0.3) is 0 Å². The third-order valence-corrected chi connectivity index (χ3v) is 5.96. The number of amides is 1. The normalized spacial score (nSPS) is 22.4. The Kier molecular flexibility index (Phi) is 7.27. The van der Waals surface area contributed by atoms with E-state index in [1.165, 1.54) is 17.2 Å². The summed E-state index contributed by atoms with van der Waals surface area (Å²) in [6, 6.07) is -3.04. The van der Waals surface area contributed by atoms with Gasteiger partial charge in [-0.15, -0.1) is 0 Å². The van der Waals surface area contributed by atoms with Gasteiger partial charge in [-0.1, -0.05) is 0 Å². The van der Waals surface area contributed by atoms with Gasteiger partial charge in [-0.25, -0.2) is 36.9 Å². The molecule has 1 fully saturated rings. The van der Waals surface area contributed by atoms with Crippen LogP contribution in [0.3, 0.4) is 0 Å². The number of aliphatic hydroxyl groups is 2. The van der Waals surface area contributed by atoms with Crippen molar-refractivity contribution in [3.05, 3.63) is 47.3 Å². The summed E-state index contributed by atoms with van der Waals surface area (Å²) in [5, 5.41) is 23.0. The minimum atomic E-state index is -2.34. The predicted molar refractivity (Wildman–Crippen MR) is 116 cm³/mol. The van der Waals surface area contributed by atoms with Gasteiger partial charge in [0.1, 0.15) is 18.5 Å². The van der Waals surface area contributed by atoms with E-state index in [2.05, 4.69) is 20.3 Å². The van der Waals surface area contributed by atoms with Gasteiger partial charge in [0.2, 0.25) is 11.7 Å². The maximum absolute atomic E-state index is 14.0. The summed E-state index contributed by atoms with van der Waals surface area (Å²) < 4.78 is 75.3. The Labute approximate surface area is 205 Å². The Morgan fingerprint density at radius 1 is 1.14 bits per heavy atom. The van der Waals surface area contributed by atoms with E-state index in [0.717, 1.165) is 0 Å². The largest absolute Gasteiger partial charge is 0.394 e. The monoisotopic (exact) mass is 531 g/mol. The van der Waals surface area contributed by atoms with Crippen LogP contribution in [0.2, 0.25) is 0 Å². The van der Waals surface area contributed by atoms with Crippen molar-refractivity contribution in [3.63, 3.8) is 0 Å². The third-order valence-electron chi connectivity index (χ3n) is 5.96. The maximum Gasteiger partial charge on any atom is 0.237 e. The van der Waals surface area contributed by atoms with Crippen molar-refractivity contribution < 1.29 is 41.7 Å². The van der Waals surface area contributed by atoms with Crippen LogP contribution in [0.15, 0.2) is 12.7 Å². The van der Waals surface area contributed by atoms with Crippen LogP contribution in [-0.2, 0) is 16.0 Å². The van der Waals surface area contributed by atoms with E-state index in [0.29, 0.717) is 11.3 Å². The van der Waals surface area contributed by atoms with Gasteiger partial charge in [-0.2, -0.15) is 0 Å². The highest BCUT2D eigenvalue weighted by atomic mass is 19.2. The number of anilines is 1. The lowest BCUT2D eigenvalue weighted by atomic mass is 10.0. The number of hydrogen-bond acceptors (Lipinski definition) is 9. The number of aromatic nitrogens is 4. The third kappa shape index (κ3) is 4.56. The Hall–Kier alpha value is -3.47. The number of benzene rings is 1. The highest BCUT2D eigenvalue weighted by Gasteiger charge is 2.46. The molecule has 1 aliphatic rings. The van der Waals surface area contributed by atoms with Gasteiger partial charge in [-0.05, 0) is 0 Å². The highest BCUT2D eigenvalue weighted by molar-refractivity contribution is 5.83. The smallest absolute Gasteiger partial charge is 0.237 e. The summed E-state index contributed by atoms with van der Waals surface area (Å²) in [5.74, 6) is -11.5. The fraction of sp³-hybridized carbons (Fsp3) is 0.429. The number of halogens is 5. The summed E-state index contributed by atoms with van der Waals surface area (Å²) in [4.78, 5) is 26.9. The Morgan fingerprint density at radius 3 is 2.35 bits per heavy atom. The number of nitrogens with two attached hydrogens (primary N) is 1. The molecular formula is C21H22F5N7O4. The summed E-state index contributed by atoms with van der Waals surface area (Å²) >= 11 is 0. The minimum Gasteiger partial charge on any atom is -0.394 e. The zero-order valence-electron chi connectivity index (χ0n) is 19.4. The molecule has 1 aromatic carbocycles. The van der Waals surface area contributed by atoms with Gasteiger partial charge in [0.05, 0.1) is 25.0 Å². The topological polar surface area (TPSA) is 152 Å². The van der Waals surface area contributed by atoms with E-state index in [1.54, 1.807) is 19.0 Å². The van der Waals surface area contributed by atoms with Crippen molar-refractivity contribution in [2.45, 2.75) is 36.9 Å². The molecule has 4 rings (SSSR count). The molecule has 1 saturated heterocycles. The number of fused-ring (bicyclic) bond motifs is 1. The first kappa shape index (κ1) is 26.6. The molecular weight excluding hydrogens is 509 g/mol. The van der Waals surface area contributed by atoms with Crippen LogP contribution in [-0.4, -0.2) is 80.6 Å². The van der Waals surface area contributed by atoms with Crippen molar-refractivity contribution in [2.24, 2.45) is 5.73 Å². The zero-order chi connectivity index (χ0) is 27.2. The molecule has 0 spiro atoms. The van der Waals surface area contributed by atoms with E-state index >= 15 is 0 Å². The van der Waals surface area contributed by atoms with Crippen LogP contribution >= 0.6 is 0 Å². The molecule has 0 unspecified atom stereocenters. The first-order chi connectivity index (χ1) is 17.5. The van der Waals surface area contributed by atoms with Crippen LogP contribution in [0.4, 0.5) is 27.8 Å². The van der Waals surface area contributed by atoms with Gasteiger partial charge >= 0.3 is 0 Å². The number of hydrogen-bond donors (Lipinski definition) is 4. The van der Waals surface area contributed by atoms with Gasteiger partial charge < -0.3 is 30.9 Å². The second kappa shape index (κ2) is 10.1. The standard InChI is InChI=1S/C21H22F5N7O4/c1-32(2)18-16-19(29-5-28-18)33(6-30-16)21-17(35)15(9(4-34)37-21)31-20(36)8(27)3-7-10(22)12(24)14(26)13(25)11(7)23/h5-6,8-9,15,17,21,34-35H,3-4,27H2,1-2H3,(H,31,36)/t8-,9+,15+,17+,21+/m0/s1.